The van der Waals surface area contributed by atoms with Gasteiger partial charge in [0.1, 0.15) is 0 Å². The quantitative estimate of drug-likeness (QED) is 0.264. The lowest BCUT2D eigenvalue weighted by atomic mass is 10.9. The number of anilines is 6. The molecule has 0 saturated heterocycles. The minimum atomic E-state index is 0. The first-order chi connectivity index (χ1) is 9.36. The first-order valence-electron chi connectivity index (χ1n) is 4.92. The zero-order chi connectivity index (χ0) is 15.7. The van der Waals surface area contributed by atoms with Crippen LogP contribution in [-0.2, 0) is 0 Å². The average Bonchev–Trinajstić information content (AvgIpc) is 2.28. The zero-order valence-electron chi connectivity index (χ0n) is 11.3. The highest BCUT2D eigenvalue weighted by Crippen LogP contribution is 1.98. The van der Waals surface area contributed by atoms with E-state index in [1.807, 2.05) is 0 Å². The van der Waals surface area contributed by atoms with E-state index in [1.54, 1.807) is 0 Å². The van der Waals surface area contributed by atoms with E-state index < -0.39 is 0 Å². The molecule has 0 aromatic carbocycles. The van der Waals surface area contributed by atoms with Crippen molar-refractivity contribution in [2.45, 2.75) is 0 Å². The van der Waals surface area contributed by atoms with Gasteiger partial charge < -0.3 is 40.6 Å². The summed E-state index contributed by atoms with van der Waals surface area (Å²) in [5, 5.41) is 0. The Morgan fingerprint density at radius 2 is 0.524 bits per heavy atom. The average molecular weight is 297 g/mol. The summed E-state index contributed by atoms with van der Waals surface area (Å²) in [6, 6.07) is 0. The zero-order valence-corrected chi connectivity index (χ0v) is 11.3. The van der Waals surface area contributed by atoms with E-state index in [2.05, 4.69) is 43.1 Å². The van der Waals surface area contributed by atoms with E-state index >= 15 is 0 Å². The second-order valence-corrected chi connectivity index (χ2v) is 2.82. The Morgan fingerprint density at radius 3 is 0.619 bits per heavy atom. The maximum atomic E-state index is 5.14. The summed E-state index contributed by atoms with van der Waals surface area (Å²) >= 11 is 0. The minimum absolute atomic E-state index is 0. The highest BCUT2D eigenvalue weighted by molar-refractivity contribution is 5.33. The molecule has 13 nitrogen and oxygen atoms in total. The predicted octanol–water partition coefficient (Wildman–Crippen LogP) is -1.80. The molecular weight excluding hydrogens is 278 g/mol. The molecule has 0 saturated carbocycles. The summed E-state index contributed by atoms with van der Waals surface area (Å²) in [5.74, 6) is 0.250. The SMILES string of the molecule is C=C.N.Nc1nc(N)nc(N)n1.Nc1nc(N)nc(N)n1. The van der Waals surface area contributed by atoms with Crippen LogP contribution in [0, 0.1) is 0 Å². The number of hydrogen-bond acceptors (Lipinski definition) is 13. The standard InChI is InChI=1S/2C3H6N6.C2H4.H3N/c2*4-1-7-2(5)9-3(6)8-1;1-2;/h2*(H6,4,5,6,7,8,9);1-2H2;1H3. The van der Waals surface area contributed by atoms with Crippen molar-refractivity contribution in [2.24, 2.45) is 0 Å². The second kappa shape index (κ2) is 9.45. The van der Waals surface area contributed by atoms with Crippen LogP contribution in [-0.4, -0.2) is 29.9 Å². The molecule has 2 aromatic heterocycles. The maximum absolute atomic E-state index is 5.14. The van der Waals surface area contributed by atoms with Crippen molar-refractivity contribution in [3.8, 4) is 0 Å². The topological polar surface area (TPSA) is 268 Å². The number of nitrogens with two attached hydrogens (primary N) is 6. The highest BCUT2D eigenvalue weighted by atomic mass is 15.2. The second-order valence-electron chi connectivity index (χ2n) is 2.82. The molecule has 0 radical (unpaired) electrons. The molecule has 21 heavy (non-hydrogen) atoms. The third kappa shape index (κ3) is 8.27. The van der Waals surface area contributed by atoms with Crippen LogP contribution in [0.5, 0.6) is 0 Å². The normalized spacial score (nSPS) is 8.19. The van der Waals surface area contributed by atoms with Crippen molar-refractivity contribution in [2.75, 3.05) is 34.4 Å². The van der Waals surface area contributed by atoms with Gasteiger partial charge >= 0.3 is 0 Å². The van der Waals surface area contributed by atoms with Gasteiger partial charge in [0.2, 0.25) is 35.7 Å². The van der Waals surface area contributed by atoms with Gasteiger partial charge in [0.05, 0.1) is 0 Å². The van der Waals surface area contributed by atoms with Gasteiger partial charge in [0.15, 0.2) is 0 Å². The summed E-state index contributed by atoms with van der Waals surface area (Å²) in [7, 11) is 0. The molecule has 0 aliphatic heterocycles. The van der Waals surface area contributed by atoms with Gasteiger partial charge in [-0.15, -0.1) is 13.2 Å². The molecular formula is C8H19N13. The number of nitrogens with zero attached hydrogens (tertiary/aromatic N) is 6. The van der Waals surface area contributed by atoms with Crippen molar-refractivity contribution < 1.29 is 0 Å². The Bertz CT molecular complexity index is 405. The molecule has 15 N–H and O–H groups in total. The summed E-state index contributed by atoms with van der Waals surface area (Å²) in [5.41, 5.74) is 30.8. The highest BCUT2D eigenvalue weighted by Gasteiger charge is 1.94. The molecule has 116 valence electrons. The lowest BCUT2D eigenvalue weighted by Gasteiger charge is -1.93. The van der Waals surface area contributed by atoms with Crippen molar-refractivity contribution in [3.63, 3.8) is 0 Å². The van der Waals surface area contributed by atoms with Crippen LogP contribution in [0.4, 0.5) is 35.7 Å². The van der Waals surface area contributed by atoms with E-state index in [-0.39, 0.29) is 41.8 Å². The summed E-state index contributed by atoms with van der Waals surface area (Å²) in [6.07, 6.45) is 0. The van der Waals surface area contributed by atoms with Gasteiger partial charge in [0, 0.05) is 0 Å². The molecule has 0 atom stereocenters. The van der Waals surface area contributed by atoms with E-state index in [1.165, 1.54) is 0 Å². The van der Waals surface area contributed by atoms with Gasteiger partial charge in [-0.2, -0.15) is 29.9 Å². The number of rotatable bonds is 0. The fourth-order valence-electron chi connectivity index (χ4n) is 0.854. The predicted molar refractivity (Wildman–Crippen MR) is 82.4 cm³/mol. The first-order valence-corrected chi connectivity index (χ1v) is 4.92. The van der Waals surface area contributed by atoms with Gasteiger partial charge in [-0.25, -0.2) is 0 Å². The maximum Gasteiger partial charge on any atom is 0.226 e. The molecule has 0 fully saturated rings. The van der Waals surface area contributed by atoms with Gasteiger partial charge in [-0.1, -0.05) is 0 Å². The van der Waals surface area contributed by atoms with Crippen molar-refractivity contribution in [1.29, 1.82) is 0 Å². The molecule has 2 rings (SSSR count). The van der Waals surface area contributed by atoms with Crippen molar-refractivity contribution in [1.82, 2.24) is 36.1 Å². The van der Waals surface area contributed by atoms with Crippen LogP contribution in [0.25, 0.3) is 0 Å². The lowest BCUT2D eigenvalue weighted by molar-refractivity contribution is 1.09. The van der Waals surface area contributed by atoms with Crippen LogP contribution in [0.2, 0.25) is 0 Å². The Kier molecular flexibility index (Phi) is 8.93. The summed E-state index contributed by atoms with van der Waals surface area (Å²) < 4.78 is 0. The largest absolute Gasteiger partial charge is 0.368 e. The number of hydrogen-bond donors (Lipinski definition) is 7. The van der Waals surface area contributed by atoms with Crippen LogP contribution in [0.1, 0.15) is 0 Å². The number of nitrogen functional groups attached to an aromatic ring is 6. The third-order valence-corrected chi connectivity index (χ3v) is 1.37. The lowest BCUT2D eigenvalue weighted by Crippen LogP contribution is -2.05. The minimum Gasteiger partial charge on any atom is -0.368 e. The molecule has 0 aliphatic carbocycles. The summed E-state index contributed by atoms with van der Waals surface area (Å²) in [6.45, 7) is 6.00. The first kappa shape index (κ1) is 19.9. The molecule has 2 heterocycles. The van der Waals surface area contributed by atoms with Crippen LogP contribution in [0.3, 0.4) is 0 Å². The van der Waals surface area contributed by atoms with Crippen LogP contribution < -0.4 is 40.6 Å². The van der Waals surface area contributed by atoms with E-state index in [9.17, 15) is 0 Å². The Balaban J connectivity index is 0. The van der Waals surface area contributed by atoms with Gasteiger partial charge in [-0.3, -0.25) is 0 Å². The van der Waals surface area contributed by atoms with E-state index in [4.69, 9.17) is 34.4 Å². The van der Waals surface area contributed by atoms with Gasteiger partial charge in [0.25, 0.3) is 0 Å². The fourth-order valence-corrected chi connectivity index (χ4v) is 0.854. The summed E-state index contributed by atoms with van der Waals surface area (Å²) in [4.78, 5) is 20.9. The number of aromatic nitrogens is 6. The molecule has 13 heteroatoms. The van der Waals surface area contributed by atoms with E-state index in [0.29, 0.717) is 0 Å². The third-order valence-electron chi connectivity index (χ3n) is 1.37. The van der Waals surface area contributed by atoms with Crippen molar-refractivity contribution in [3.05, 3.63) is 13.2 Å². The van der Waals surface area contributed by atoms with Gasteiger partial charge in [-0.05, 0) is 0 Å². The Hall–Kier alpha value is -3.48. The molecule has 2 aromatic rings. The van der Waals surface area contributed by atoms with Crippen LogP contribution in [0.15, 0.2) is 13.2 Å². The Morgan fingerprint density at radius 1 is 0.429 bits per heavy atom. The fraction of sp³-hybridized carbons (Fsp3) is 0. The van der Waals surface area contributed by atoms with Crippen LogP contribution >= 0.6 is 0 Å². The van der Waals surface area contributed by atoms with Crippen molar-refractivity contribution >= 4 is 35.7 Å². The molecule has 0 spiro atoms. The van der Waals surface area contributed by atoms with E-state index in [0.717, 1.165) is 0 Å². The monoisotopic (exact) mass is 297 g/mol. The molecule has 0 amide bonds. The molecule has 0 aliphatic rings. The molecule has 0 unspecified atom stereocenters. The Labute approximate surface area is 120 Å². The molecule has 0 bridgehead atoms. The smallest absolute Gasteiger partial charge is 0.226 e.